The lowest BCUT2D eigenvalue weighted by Crippen LogP contribution is -2.29. The van der Waals surface area contributed by atoms with Crippen molar-refractivity contribution in [3.63, 3.8) is 0 Å². The van der Waals surface area contributed by atoms with Gasteiger partial charge >= 0.3 is 0 Å². The minimum absolute atomic E-state index is 0.187. The highest BCUT2D eigenvalue weighted by molar-refractivity contribution is 5.85. The van der Waals surface area contributed by atoms with Crippen LogP contribution in [0, 0.1) is 29.4 Å². The molecular formula is C25H30F2. The van der Waals surface area contributed by atoms with Crippen LogP contribution in [-0.2, 0) is 6.42 Å². The number of benzene rings is 2. The molecule has 4 atom stereocenters. The van der Waals surface area contributed by atoms with E-state index < -0.39 is 11.6 Å². The van der Waals surface area contributed by atoms with Crippen molar-refractivity contribution in [1.29, 1.82) is 0 Å². The first-order chi connectivity index (χ1) is 13.1. The summed E-state index contributed by atoms with van der Waals surface area (Å²) in [4.78, 5) is 0. The van der Waals surface area contributed by atoms with Crippen molar-refractivity contribution in [1.82, 2.24) is 0 Å². The Kier molecular flexibility index (Phi) is 5.34. The van der Waals surface area contributed by atoms with Crippen molar-refractivity contribution in [3.05, 3.63) is 59.7 Å². The first kappa shape index (κ1) is 18.7. The molecule has 2 aromatic rings. The van der Waals surface area contributed by atoms with Crippen molar-refractivity contribution >= 4 is 10.8 Å². The van der Waals surface area contributed by atoms with Crippen LogP contribution in [0.25, 0.3) is 10.8 Å². The predicted molar refractivity (Wildman–Crippen MR) is 109 cm³/mol. The van der Waals surface area contributed by atoms with E-state index in [0.717, 1.165) is 17.8 Å². The van der Waals surface area contributed by atoms with E-state index in [9.17, 15) is 8.78 Å². The molecule has 0 radical (unpaired) electrons. The second-order valence-corrected chi connectivity index (χ2v) is 8.91. The van der Waals surface area contributed by atoms with Crippen LogP contribution in [0.15, 0.2) is 36.9 Å². The summed E-state index contributed by atoms with van der Waals surface area (Å²) in [5, 5.41) is 1.24. The van der Waals surface area contributed by atoms with E-state index in [0.29, 0.717) is 29.5 Å². The fraction of sp³-hybridized carbons (Fsp3) is 0.520. The first-order valence-corrected chi connectivity index (χ1v) is 10.6. The Balaban J connectivity index is 1.59. The zero-order chi connectivity index (χ0) is 19.0. The highest BCUT2D eigenvalue weighted by Gasteiger charge is 2.34. The lowest BCUT2D eigenvalue weighted by atomic mass is 9.64. The Labute approximate surface area is 161 Å². The van der Waals surface area contributed by atoms with Gasteiger partial charge in [0.25, 0.3) is 0 Å². The summed E-state index contributed by atoms with van der Waals surface area (Å²) in [5.41, 5.74) is 1.45. The van der Waals surface area contributed by atoms with Crippen LogP contribution in [0.3, 0.4) is 0 Å². The van der Waals surface area contributed by atoms with Gasteiger partial charge in [-0.2, -0.15) is 0 Å². The van der Waals surface area contributed by atoms with Crippen molar-refractivity contribution < 1.29 is 8.78 Å². The van der Waals surface area contributed by atoms with Crippen molar-refractivity contribution in [2.75, 3.05) is 0 Å². The molecule has 4 rings (SSSR count). The third kappa shape index (κ3) is 3.68. The Morgan fingerprint density at radius 2 is 1.81 bits per heavy atom. The van der Waals surface area contributed by atoms with Crippen molar-refractivity contribution in [3.8, 4) is 0 Å². The number of rotatable bonds is 4. The molecular weight excluding hydrogens is 338 g/mol. The second kappa shape index (κ2) is 7.73. The molecule has 2 aliphatic carbocycles. The summed E-state index contributed by atoms with van der Waals surface area (Å²) in [6.07, 6.45) is 10.5. The van der Waals surface area contributed by atoms with Gasteiger partial charge in [-0.05, 0) is 85.6 Å². The first-order valence-electron chi connectivity index (χ1n) is 10.6. The third-order valence-electron chi connectivity index (χ3n) is 7.09. The zero-order valence-corrected chi connectivity index (χ0v) is 16.3. The van der Waals surface area contributed by atoms with Gasteiger partial charge < -0.3 is 0 Å². The monoisotopic (exact) mass is 368 g/mol. The molecule has 0 nitrogen and oxygen atoms in total. The molecule has 0 heterocycles. The highest BCUT2D eigenvalue weighted by Crippen LogP contribution is 2.47. The SMILES string of the molecule is C=CCCc1c(F)cc2cc([C@@H]3CC[C@@H]4CC(C)CCC4C3)ccc2c1F. The zero-order valence-electron chi connectivity index (χ0n) is 16.3. The van der Waals surface area contributed by atoms with E-state index in [-0.39, 0.29) is 5.56 Å². The minimum Gasteiger partial charge on any atom is -0.207 e. The van der Waals surface area contributed by atoms with E-state index in [4.69, 9.17) is 0 Å². The maximum atomic E-state index is 14.8. The topological polar surface area (TPSA) is 0 Å². The van der Waals surface area contributed by atoms with E-state index >= 15 is 0 Å². The third-order valence-corrected chi connectivity index (χ3v) is 7.09. The fourth-order valence-corrected chi connectivity index (χ4v) is 5.55. The van der Waals surface area contributed by atoms with Gasteiger partial charge in [-0.1, -0.05) is 37.6 Å². The van der Waals surface area contributed by atoms with E-state index in [1.165, 1.54) is 50.2 Å². The van der Waals surface area contributed by atoms with Gasteiger partial charge in [-0.3, -0.25) is 0 Å². The summed E-state index contributed by atoms with van der Waals surface area (Å²) in [7, 11) is 0. The molecule has 2 aliphatic rings. The molecule has 2 unspecified atom stereocenters. The molecule has 0 bridgehead atoms. The highest BCUT2D eigenvalue weighted by atomic mass is 19.1. The van der Waals surface area contributed by atoms with Gasteiger partial charge in [0.05, 0.1) is 0 Å². The molecule has 0 saturated heterocycles. The largest absolute Gasteiger partial charge is 0.207 e. The van der Waals surface area contributed by atoms with Crippen molar-refractivity contribution in [2.24, 2.45) is 17.8 Å². The standard InChI is InChI=1S/C25H30F2/c1-3-4-5-23-24(26)15-21-14-20(10-11-22(21)25(23)27)19-9-8-17-12-16(2)6-7-18(17)13-19/h3,10-11,14-19H,1,4-9,12-13H2,2H3/t16?,17-,18?,19-/m1/s1. The molecule has 27 heavy (non-hydrogen) atoms. The summed E-state index contributed by atoms with van der Waals surface area (Å²) >= 11 is 0. The molecule has 2 saturated carbocycles. The predicted octanol–water partition coefficient (Wildman–Crippen LogP) is 7.56. The maximum Gasteiger partial charge on any atom is 0.137 e. The Morgan fingerprint density at radius 1 is 1.04 bits per heavy atom. The Bertz CT molecular complexity index is 838. The van der Waals surface area contributed by atoms with Gasteiger partial charge in [0.1, 0.15) is 11.6 Å². The maximum absolute atomic E-state index is 14.8. The average Bonchev–Trinajstić information content (AvgIpc) is 2.67. The summed E-state index contributed by atoms with van der Waals surface area (Å²) in [6.45, 7) is 6.04. The van der Waals surface area contributed by atoms with E-state index in [1.807, 2.05) is 12.1 Å². The molecule has 0 spiro atoms. The van der Waals surface area contributed by atoms with Gasteiger partial charge in [0.2, 0.25) is 0 Å². The lowest BCUT2D eigenvalue weighted by molar-refractivity contribution is 0.124. The summed E-state index contributed by atoms with van der Waals surface area (Å²) < 4.78 is 29.3. The van der Waals surface area contributed by atoms with Gasteiger partial charge in [0, 0.05) is 10.9 Å². The summed E-state index contributed by atoms with van der Waals surface area (Å²) in [5.74, 6) is 2.32. The second-order valence-electron chi connectivity index (χ2n) is 8.91. The summed E-state index contributed by atoms with van der Waals surface area (Å²) in [6, 6.07) is 7.51. The molecule has 0 aliphatic heterocycles. The molecule has 2 aromatic carbocycles. The van der Waals surface area contributed by atoms with Crippen LogP contribution in [-0.4, -0.2) is 0 Å². The van der Waals surface area contributed by atoms with E-state index in [2.05, 4.69) is 19.6 Å². The quantitative estimate of drug-likeness (QED) is 0.489. The fourth-order valence-electron chi connectivity index (χ4n) is 5.55. The number of fused-ring (bicyclic) bond motifs is 2. The normalized spacial score (nSPS) is 28.1. The Morgan fingerprint density at radius 3 is 2.63 bits per heavy atom. The minimum atomic E-state index is -0.427. The van der Waals surface area contributed by atoms with Crippen LogP contribution in [0.1, 0.15) is 68.9 Å². The molecule has 0 N–H and O–H groups in total. The van der Waals surface area contributed by atoms with Crippen molar-refractivity contribution in [2.45, 2.75) is 64.2 Å². The molecule has 0 amide bonds. The molecule has 0 aromatic heterocycles. The van der Waals surface area contributed by atoms with Crippen LogP contribution >= 0.6 is 0 Å². The van der Waals surface area contributed by atoms with E-state index in [1.54, 1.807) is 6.08 Å². The van der Waals surface area contributed by atoms with Crippen LogP contribution in [0.5, 0.6) is 0 Å². The van der Waals surface area contributed by atoms with Gasteiger partial charge in [-0.25, -0.2) is 8.78 Å². The Hall–Kier alpha value is -1.70. The van der Waals surface area contributed by atoms with Crippen LogP contribution in [0.4, 0.5) is 8.78 Å². The van der Waals surface area contributed by atoms with Gasteiger partial charge in [-0.15, -0.1) is 6.58 Å². The molecule has 2 fully saturated rings. The van der Waals surface area contributed by atoms with Crippen LogP contribution < -0.4 is 0 Å². The molecule has 2 heteroatoms. The number of halogens is 2. The number of hydrogen-bond acceptors (Lipinski definition) is 0. The molecule has 144 valence electrons. The smallest absolute Gasteiger partial charge is 0.137 e. The van der Waals surface area contributed by atoms with Gasteiger partial charge in [0.15, 0.2) is 0 Å². The average molecular weight is 369 g/mol. The van der Waals surface area contributed by atoms with Crippen LogP contribution in [0.2, 0.25) is 0 Å². The lowest BCUT2D eigenvalue weighted by Gasteiger charge is -2.41. The number of allylic oxidation sites excluding steroid dienone is 1. The number of hydrogen-bond donors (Lipinski definition) is 0.